The van der Waals surface area contributed by atoms with Gasteiger partial charge in [-0.3, -0.25) is 28.8 Å². The van der Waals surface area contributed by atoms with E-state index < -0.39 is 75.8 Å². The molecule has 2 saturated heterocycles. The number of sulfone groups is 3. The number of benzene rings is 7. The number of carboxylic acid groups (broad SMARTS) is 1. The van der Waals surface area contributed by atoms with E-state index in [-0.39, 0.29) is 109 Å². The summed E-state index contributed by atoms with van der Waals surface area (Å²) in [6.07, 6.45) is 3.21. The summed E-state index contributed by atoms with van der Waals surface area (Å²) >= 11 is 19.3. The van der Waals surface area contributed by atoms with Crippen LogP contribution in [0, 0.1) is 0 Å². The molecule has 0 aliphatic carbocycles. The van der Waals surface area contributed by atoms with Gasteiger partial charge in [0.1, 0.15) is 45.9 Å². The molecule has 0 saturated carbocycles. The highest BCUT2D eigenvalue weighted by molar-refractivity contribution is 7.92. The summed E-state index contributed by atoms with van der Waals surface area (Å²) < 4.78 is 106. The first kappa shape index (κ1) is 94.5. The van der Waals surface area contributed by atoms with E-state index in [1.54, 1.807) is 154 Å². The summed E-state index contributed by atoms with van der Waals surface area (Å²) in [6, 6.07) is 34.3. The van der Waals surface area contributed by atoms with E-state index in [0.717, 1.165) is 11.1 Å². The third-order valence-electron chi connectivity index (χ3n) is 21.1. The highest BCUT2D eigenvalue weighted by atomic mass is 35.5. The van der Waals surface area contributed by atoms with Crippen LogP contribution in [0.3, 0.4) is 0 Å². The first-order chi connectivity index (χ1) is 60.1. The number of aliphatic carboxylic acids is 1. The van der Waals surface area contributed by atoms with Crippen LogP contribution < -0.4 is 56.7 Å². The maximum Gasteiger partial charge on any atom is 0.323 e. The van der Waals surface area contributed by atoms with Crippen LogP contribution in [0.5, 0.6) is 17.2 Å². The second kappa shape index (κ2) is 39.7. The molecule has 39 heteroatoms. The van der Waals surface area contributed by atoms with Crippen LogP contribution in [-0.2, 0) is 73.0 Å². The first-order valence-corrected chi connectivity index (χ1v) is 46.6. The number of anilines is 12. The normalized spacial score (nSPS) is 16.6. The lowest BCUT2D eigenvalue weighted by atomic mass is 10.1. The van der Waals surface area contributed by atoms with Gasteiger partial charge in [0.2, 0.25) is 11.9 Å². The molecule has 5 aliphatic heterocycles. The predicted molar refractivity (Wildman–Crippen MR) is 485 cm³/mol. The fraction of sp³-hybridized carbons (Fsp3) is 0.364. The standard InChI is InChI=1S/C32H37ClN4O6S.C30H35ClN6O6S.C26H28ClN5O6S/c1-18(2)43-29-12-20-17-37(22-14-28(34-16-22)32(39)42-5)31(38)23(20)15-27(29)35-21-10-11-24(33)26(13-21)36-25-8-6-7-9-30(25)44(40,41)19(3)4;1-16(2)43-25-10-18-15-37(19-11-24(32-13-19)29(39)42-5)28(38)20(18)12-23(25)35-30-33-14-21(31)27(36-30)34-22-8-6-7-9-26(22)44(40,41)17(3)4;1-14(2)38-21-9-16-12-32(13-23(33)34)25(35)17(16)10-20(21)30-26-28-11-18(27)24(31-26)29-19-7-5-6-8-22(19)39(36,37)15(3)4/h6-13,15,18-19,22,28,34-36H,14,16-17H2,1-5H3;6-10,12,14,16-17,19,24,32H,11,13,15H2,1-5H3,(H2,33,34,35,36);5-11,14-15H,12-13H2,1-4H3,(H,33,34)(H2,28,29,30,31)/t22-,28-;19-,24+;/m01./s1. The zero-order valence-corrected chi connectivity index (χ0v) is 76.8. The molecule has 0 unspecified atom stereocenters. The van der Waals surface area contributed by atoms with Gasteiger partial charge in [0.05, 0.1) is 120 Å². The first-order valence-electron chi connectivity index (χ1n) is 40.9. The van der Waals surface area contributed by atoms with E-state index in [0.29, 0.717) is 129 Å². The number of hydrogen-bond donors (Lipinski definition) is 9. The molecule has 0 spiro atoms. The molecule has 0 bridgehead atoms. The molecule has 2 fully saturated rings. The Bertz CT molecular complexity index is 5840. The summed E-state index contributed by atoms with van der Waals surface area (Å²) in [7, 11) is -8.03. The number of aromatic nitrogens is 4. The molecule has 0 radical (unpaired) electrons. The van der Waals surface area contributed by atoms with E-state index in [2.05, 4.69) is 62.5 Å². The highest BCUT2D eigenvalue weighted by Crippen LogP contribution is 2.44. The lowest BCUT2D eigenvalue weighted by Crippen LogP contribution is -2.36. The number of fused-ring (bicyclic) bond motifs is 3. The topological polar surface area (TPSA) is 429 Å². The Hall–Kier alpha value is -11.6. The molecule has 7 heterocycles. The quantitative estimate of drug-likeness (QED) is 0.0189. The molecule has 9 N–H and O–H groups in total. The minimum absolute atomic E-state index is 0.104. The summed E-state index contributed by atoms with van der Waals surface area (Å²) in [5.41, 5.74) is 7.38. The Morgan fingerprint density at radius 2 is 0.811 bits per heavy atom. The Morgan fingerprint density at radius 1 is 0.449 bits per heavy atom. The SMILES string of the molecule is CC(C)Oc1cc2c(cc1Nc1ncc(Cl)c(Nc3ccccc3S(=O)(=O)C(C)C)n1)C(=O)N(CC(=O)O)C2.COC(=O)[C@@H]1C[C@@H](N2Cc3cc(OC(C)C)c(Nc4ncc(Cl)c(Nc5ccccc5S(=O)(=O)C(C)C)n4)cc3C2=O)CN1.COC(=O)[C@@H]1C[C@H](N2Cc3cc(OC(C)C)c(Nc4ccc(Cl)c(Nc5ccccc5S(=O)(=O)C(C)C)c4)cc3C2=O)CN1. The summed E-state index contributed by atoms with van der Waals surface area (Å²) in [5.74, 6) is -0.335. The van der Waals surface area contributed by atoms with Crippen molar-refractivity contribution < 1.29 is 82.8 Å². The number of rotatable bonds is 30. The number of amides is 3. The Morgan fingerprint density at radius 3 is 1.18 bits per heavy atom. The maximum absolute atomic E-state index is 13.6. The number of nitrogens with zero attached hydrogens (tertiary/aromatic N) is 7. The number of ether oxygens (including phenoxy) is 5. The molecule has 9 aromatic rings. The summed E-state index contributed by atoms with van der Waals surface area (Å²) in [6.45, 7) is 22.6. The Labute approximate surface area is 751 Å². The third kappa shape index (κ3) is 21.6. The van der Waals surface area contributed by atoms with Crippen LogP contribution in [0.2, 0.25) is 15.1 Å². The smallest absolute Gasteiger partial charge is 0.323 e. The van der Waals surface area contributed by atoms with Crippen molar-refractivity contribution in [1.82, 2.24) is 45.3 Å². The van der Waals surface area contributed by atoms with Gasteiger partial charge in [-0.25, -0.2) is 35.2 Å². The van der Waals surface area contributed by atoms with Crippen molar-refractivity contribution in [2.75, 3.05) is 65.8 Å². The van der Waals surface area contributed by atoms with E-state index in [1.807, 2.05) is 53.7 Å². The Balaban J connectivity index is 0.000000173. The minimum Gasteiger partial charge on any atom is -0.489 e. The van der Waals surface area contributed by atoms with Crippen molar-refractivity contribution in [3.05, 3.63) is 188 Å². The van der Waals surface area contributed by atoms with Crippen LogP contribution in [0.4, 0.5) is 69.0 Å². The van der Waals surface area contributed by atoms with Crippen LogP contribution >= 0.6 is 34.8 Å². The second-order valence-corrected chi connectivity index (χ2v) is 40.8. The number of hydrogen-bond acceptors (Lipinski definition) is 29. The molecule has 4 atom stereocenters. The van der Waals surface area contributed by atoms with Crippen LogP contribution in [0.1, 0.15) is 144 Å². The van der Waals surface area contributed by atoms with E-state index in [1.165, 1.54) is 43.6 Å². The number of halogens is 3. The van der Waals surface area contributed by atoms with Gasteiger partial charge in [-0.2, -0.15) is 9.97 Å². The average Bonchev–Trinajstić information content (AvgIpc) is 1.64. The maximum atomic E-state index is 13.6. The molecule has 2 aromatic heterocycles. The molecule has 7 aromatic carbocycles. The average molecular weight is 1860 g/mol. The van der Waals surface area contributed by atoms with Crippen LogP contribution in [0.15, 0.2) is 154 Å². The summed E-state index contributed by atoms with van der Waals surface area (Å²) in [5, 5.41) is 33.1. The predicted octanol–water partition coefficient (Wildman–Crippen LogP) is 14.7. The molecule has 127 heavy (non-hydrogen) atoms. The van der Waals surface area contributed by atoms with Gasteiger partial charge in [0, 0.05) is 67.2 Å². The zero-order valence-electron chi connectivity index (χ0n) is 72.1. The van der Waals surface area contributed by atoms with Crippen molar-refractivity contribution in [3.63, 3.8) is 0 Å². The number of carbonyl (C=O) groups is 6. The number of carboxylic acids is 1. The lowest BCUT2D eigenvalue weighted by molar-refractivity contribution is -0.143. The fourth-order valence-electron chi connectivity index (χ4n) is 14.6. The molecular formula is C88H100Cl3N15O18S3. The van der Waals surface area contributed by atoms with Crippen molar-refractivity contribution in [3.8, 4) is 17.2 Å². The molecule has 14 rings (SSSR count). The third-order valence-corrected chi connectivity index (χ3v) is 28.6. The van der Waals surface area contributed by atoms with Gasteiger partial charge < -0.3 is 86.0 Å². The van der Waals surface area contributed by atoms with E-state index in [9.17, 15) is 54.0 Å². The Kier molecular flexibility index (Phi) is 29.5. The van der Waals surface area contributed by atoms with Crippen molar-refractivity contribution in [2.24, 2.45) is 0 Å². The number of carbonyl (C=O) groups excluding carboxylic acids is 5. The molecule has 674 valence electrons. The number of methoxy groups -OCH3 is 2. The number of para-hydroxylation sites is 3. The van der Waals surface area contributed by atoms with E-state index in [4.69, 9.17) is 63.6 Å². The van der Waals surface area contributed by atoms with Crippen molar-refractivity contribution >= 4 is 169 Å². The molecule has 3 amide bonds. The van der Waals surface area contributed by atoms with Crippen LogP contribution in [-0.4, -0.2) is 193 Å². The van der Waals surface area contributed by atoms with Crippen molar-refractivity contribution in [2.45, 2.75) is 188 Å². The summed E-state index contributed by atoms with van der Waals surface area (Å²) in [4.78, 5) is 97.8. The largest absolute Gasteiger partial charge is 0.489 e. The van der Waals surface area contributed by atoms with Gasteiger partial charge in [0.15, 0.2) is 41.1 Å². The van der Waals surface area contributed by atoms with Gasteiger partial charge in [-0.15, -0.1) is 0 Å². The van der Waals surface area contributed by atoms with Crippen molar-refractivity contribution in [1.29, 1.82) is 0 Å². The van der Waals surface area contributed by atoms with Gasteiger partial charge in [-0.05, 0) is 204 Å². The molecule has 33 nitrogen and oxygen atoms in total. The number of nitrogens with one attached hydrogen (secondary N) is 8. The highest BCUT2D eigenvalue weighted by Gasteiger charge is 2.43. The minimum atomic E-state index is -3.59. The van der Waals surface area contributed by atoms with Crippen LogP contribution in [0.25, 0.3) is 0 Å². The fourth-order valence-corrected chi connectivity index (χ4v) is 18.7. The van der Waals surface area contributed by atoms with Gasteiger partial charge in [0.25, 0.3) is 17.7 Å². The monoisotopic (exact) mass is 1860 g/mol. The number of esters is 2. The molecule has 5 aliphatic rings. The zero-order chi connectivity index (χ0) is 92.0. The lowest BCUT2D eigenvalue weighted by Gasteiger charge is -2.22. The van der Waals surface area contributed by atoms with Gasteiger partial charge in [-0.1, -0.05) is 71.2 Å². The van der Waals surface area contributed by atoms with Gasteiger partial charge >= 0.3 is 17.9 Å². The molecular weight excluding hydrogens is 1760 g/mol. The second-order valence-electron chi connectivity index (χ2n) is 32.2. The van der Waals surface area contributed by atoms with E-state index >= 15 is 0 Å².